The van der Waals surface area contributed by atoms with E-state index < -0.39 is 11.9 Å². The molecule has 9 nitrogen and oxygen atoms in total. The summed E-state index contributed by atoms with van der Waals surface area (Å²) in [5.74, 6) is -0.507. The van der Waals surface area contributed by atoms with Crippen molar-refractivity contribution in [3.63, 3.8) is 0 Å². The van der Waals surface area contributed by atoms with Crippen molar-refractivity contribution in [3.8, 4) is 17.3 Å². The predicted molar refractivity (Wildman–Crippen MR) is 152 cm³/mol. The van der Waals surface area contributed by atoms with Gasteiger partial charge in [0.1, 0.15) is 5.69 Å². The number of nitrogens with zero attached hydrogens (tertiary/aromatic N) is 5. The molecule has 0 saturated carbocycles. The van der Waals surface area contributed by atoms with Crippen molar-refractivity contribution in [2.75, 3.05) is 31.6 Å². The molecule has 4 heterocycles. The highest BCUT2D eigenvalue weighted by molar-refractivity contribution is 6.34. The van der Waals surface area contributed by atoms with Crippen LogP contribution in [0.4, 0.5) is 10.3 Å². The highest BCUT2D eigenvalue weighted by atomic mass is 35.5. The number of rotatable bonds is 6. The number of likely N-dealkylation sites (tertiary alicyclic amines) is 1. The number of benzene rings is 1. The highest BCUT2D eigenvalue weighted by Gasteiger charge is 2.27. The molecule has 40 heavy (non-hydrogen) atoms. The van der Waals surface area contributed by atoms with Crippen LogP contribution in [0, 0.1) is 30.0 Å². The number of aliphatic hydroxyl groups excluding tert-OH is 1. The lowest BCUT2D eigenvalue weighted by molar-refractivity contribution is -0.0136. The summed E-state index contributed by atoms with van der Waals surface area (Å²) in [6.45, 7) is 8.66. The first-order valence-electron chi connectivity index (χ1n) is 13.7. The summed E-state index contributed by atoms with van der Waals surface area (Å²) >= 11 is 6.67. The quantitative estimate of drug-likeness (QED) is 0.448. The maximum atomic E-state index is 15.2. The van der Waals surface area contributed by atoms with Crippen LogP contribution in [0.1, 0.15) is 50.4 Å². The Bertz CT molecular complexity index is 1520. The first kappa shape index (κ1) is 28.4. The van der Waals surface area contributed by atoms with Gasteiger partial charge in [-0.05, 0) is 58.7 Å². The van der Waals surface area contributed by atoms with Crippen molar-refractivity contribution < 1.29 is 14.2 Å². The van der Waals surface area contributed by atoms with Gasteiger partial charge in [0, 0.05) is 47.9 Å². The van der Waals surface area contributed by atoms with Gasteiger partial charge in [-0.1, -0.05) is 11.6 Å². The van der Waals surface area contributed by atoms with Crippen molar-refractivity contribution >= 4 is 28.5 Å². The van der Waals surface area contributed by atoms with E-state index in [2.05, 4.69) is 30.8 Å². The zero-order chi connectivity index (χ0) is 28.6. The fourth-order valence-corrected chi connectivity index (χ4v) is 6.02. The Morgan fingerprint density at radius 1 is 1.35 bits per heavy atom. The zero-order valence-electron chi connectivity index (χ0n) is 23.0. The molecule has 2 aromatic heterocycles. The molecule has 2 fully saturated rings. The van der Waals surface area contributed by atoms with Crippen LogP contribution >= 0.6 is 11.6 Å². The second-order valence-corrected chi connectivity index (χ2v) is 11.4. The monoisotopic (exact) mass is 568 g/mol. The van der Waals surface area contributed by atoms with E-state index in [0.717, 1.165) is 31.3 Å². The summed E-state index contributed by atoms with van der Waals surface area (Å²) in [5.41, 5.74) is 2.38. The Labute approximate surface area is 237 Å². The molecular weight excluding hydrogens is 535 g/mol. The first-order valence-corrected chi connectivity index (χ1v) is 14.1. The number of nitriles is 1. The van der Waals surface area contributed by atoms with E-state index in [1.165, 1.54) is 0 Å². The number of ether oxygens (including phenoxy) is 1. The summed E-state index contributed by atoms with van der Waals surface area (Å²) in [6, 6.07) is 5.37. The van der Waals surface area contributed by atoms with Gasteiger partial charge in [0.15, 0.2) is 11.2 Å². The number of piperidine rings is 1. The molecule has 0 aliphatic carbocycles. The molecule has 5 rings (SSSR count). The zero-order valence-corrected chi connectivity index (χ0v) is 23.7. The number of halogens is 2. The number of hydrogen-bond donors (Lipinski definition) is 2. The average molecular weight is 569 g/mol. The van der Waals surface area contributed by atoms with Crippen LogP contribution in [-0.4, -0.2) is 63.0 Å². The van der Waals surface area contributed by atoms with Gasteiger partial charge in [-0.15, -0.1) is 0 Å². The molecule has 2 aliphatic heterocycles. The standard InChI is InChI=1S/C29H34ClFN6O3/c1-16(2)37-24-10-19(27-22(31)12-33-29(35-27)34-23-6-8-40-15-26(23)38)21(30)9-20(24)28(39)17(3)25(37)14-36-7-4-5-18(11-32)13-36/h9-10,12,16,18,23,26,38H,4-8,13-15H2,1-3H3,(H,33,34,35)/t18-,23-,26-/m1/s1. The SMILES string of the molecule is Cc1c(CN2CCC[C@H](C#N)C2)n(C(C)C)c2cc(-c3nc(N[C@@H]4CCOC[C@H]4O)ncc3F)c(Cl)cc2c1=O. The molecule has 11 heteroatoms. The molecule has 3 aromatic rings. The first-order chi connectivity index (χ1) is 19.2. The Kier molecular flexibility index (Phi) is 8.38. The van der Waals surface area contributed by atoms with Crippen LogP contribution < -0.4 is 10.7 Å². The minimum absolute atomic E-state index is 0.00345. The molecule has 0 spiro atoms. The number of fused-ring (bicyclic) bond motifs is 1. The van der Waals surface area contributed by atoms with E-state index in [-0.39, 0.29) is 46.7 Å². The van der Waals surface area contributed by atoms with Crippen LogP contribution in [0.2, 0.25) is 5.02 Å². The molecule has 0 radical (unpaired) electrons. The second kappa shape index (κ2) is 11.8. The largest absolute Gasteiger partial charge is 0.389 e. The third-order valence-electron chi connectivity index (χ3n) is 7.87. The number of nitrogens with one attached hydrogen (secondary N) is 1. The lowest BCUT2D eigenvalue weighted by Gasteiger charge is -2.32. The van der Waals surface area contributed by atoms with Gasteiger partial charge in [-0.2, -0.15) is 5.26 Å². The highest BCUT2D eigenvalue weighted by Crippen LogP contribution is 2.34. The van der Waals surface area contributed by atoms with Gasteiger partial charge in [0.2, 0.25) is 5.95 Å². The minimum Gasteiger partial charge on any atom is -0.389 e. The van der Waals surface area contributed by atoms with Crippen molar-refractivity contribution in [2.24, 2.45) is 5.92 Å². The van der Waals surface area contributed by atoms with E-state index in [1.54, 1.807) is 12.1 Å². The van der Waals surface area contributed by atoms with Gasteiger partial charge >= 0.3 is 0 Å². The Morgan fingerprint density at radius 2 is 2.15 bits per heavy atom. The topological polar surface area (TPSA) is 116 Å². The van der Waals surface area contributed by atoms with Crippen LogP contribution in [-0.2, 0) is 11.3 Å². The molecule has 3 atom stereocenters. The number of anilines is 1. The summed E-state index contributed by atoms with van der Waals surface area (Å²) in [4.78, 5) is 24.3. The molecule has 0 amide bonds. The summed E-state index contributed by atoms with van der Waals surface area (Å²) in [5, 5.41) is 23.5. The van der Waals surface area contributed by atoms with E-state index in [4.69, 9.17) is 16.3 Å². The van der Waals surface area contributed by atoms with Gasteiger partial charge in [0.05, 0.1) is 47.5 Å². The van der Waals surface area contributed by atoms with Crippen molar-refractivity contribution in [3.05, 3.63) is 50.7 Å². The Balaban J connectivity index is 1.60. The molecule has 212 valence electrons. The Hall–Kier alpha value is -3.10. The molecule has 2 N–H and O–H groups in total. The van der Waals surface area contributed by atoms with Crippen molar-refractivity contribution in [1.82, 2.24) is 19.4 Å². The van der Waals surface area contributed by atoms with Crippen LogP contribution in [0.15, 0.2) is 23.1 Å². The van der Waals surface area contributed by atoms with E-state index in [1.807, 2.05) is 20.8 Å². The molecule has 0 bridgehead atoms. The van der Waals surface area contributed by atoms with Gasteiger partial charge in [-0.3, -0.25) is 9.69 Å². The van der Waals surface area contributed by atoms with Gasteiger partial charge in [0.25, 0.3) is 0 Å². The third-order valence-corrected chi connectivity index (χ3v) is 8.18. The van der Waals surface area contributed by atoms with Crippen LogP contribution in [0.3, 0.4) is 0 Å². The molecule has 2 aliphatic rings. The fraction of sp³-hybridized carbons (Fsp3) is 0.517. The van der Waals surface area contributed by atoms with Gasteiger partial charge in [-0.25, -0.2) is 14.4 Å². The van der Waals surface area contributed by atoms with Gasteiger partial charge < -0.3 is 19.7 Å². The summed E-state index contributed by atoms with van der Waals surface area (Å²) < 4.78 is 22.6. The maximum Gasteiger partial charge on any atom is 0.223 e. The molecular formula is C29H34ClFN6O3. The number of aliphatic hydroxyl groups is 1. The van der Waals surface area contributed by atoms with Crippen LogP contribution in [0.25, 0.3) is 22.2 Å². The number of pyridine rings is 1. The number of aromatic nitrogens is 3. The molecule has 1 aromatic carbocycles. The van der Waals surface area contributed by atoms with Crippen molar-refractivity contribution in [1.29, 1.82) is 5.26 Å². The maximum absolute atomic E-state index is 15.2. The lowest BCUT2D eigenvalue weighted by atomic mass is 9.98. The Morgan fingerprint density at radius 3 is 2.88 bits per heavy atom. The second-order valence-electron chi connectivity index (χ2n) is 11.0. The van der Waals surface area contributed by atoms with Crippen LogP contribution in [0.5, 0.6) is 0 Å². The molecule has 2 saturated heterocycles. The summed E-state index contributed by atoms with van der Waals surface area (Å²) in [6.07, 6.45) is 2.72. The smallest absolute Gasteiger partial charge is 0.223 e. The van der Waals surface area contributed by atoms with E-state index in [0.29, 0.717) is 48.1 Å². The fourth-order valence-electron chi connectivity index (χ4n) is 5.77. The normalized spacial score (nSPS) is 22.0. The van der Waals surface area contributed by atoms with E-state index in [9.17, 15) is 15.2 Å². The molecule has 0 unspecified atom stereocenters. The minimum atomic E-state index is -0.736. The lowest BCUT2D eigenvalue weighted by Crippen LogP contribution is -2.42. The van der Waals surface area contributed by atoms with E-state index >= 15 is 4.39 Å². The average Bonchev–Trinajstić information content (AvgIpc) is 2.94. The summed E-state index contributed by atoms with van der Waals surface area (Å²) in [7, 11) is 0. The predicted octanol–water partition coefficient (Wildman–Crippen LogP) is 4.44. The van der Waals surface area contributed by atoms with Crippen molar-refractivity contribution in [2.45, 2.75) is 64.8 Å². The number of hydrogen-bond acceptors (Lipinski definition) is 8. The third kappa shape index (κ3) is 5.56.